The number of rotatable bonds is 5. The second kappa shape index (κ2) is 6.65. The number of aryl methyl sites for hydroxylation is 1. The van der Waals surface area contributed by atoms with Gasteiger partial charge in [-0.3, -0.25) is 4.79 Å². The first-order valence-corrected chi connectivity index (χ1v) is 7.42. The average molecular weight is 297 g/mol. The van der Waals surface area contributed by atoms with E-state index in [0.717, 1.165) is 16.9 Å². The van der Waals surface area contributed by atoms with E-state index in [1.807, 2.05) is 69.3 Å². The molecule has 0 aliphatic heterocycles. The SMILES string of the molecule is COc1ccc(C(C)(C)NC(=O)Cc2ccc(C)cc2)cc1. The highest BCUT2D eigenvalue weighted by Crippen LogP contribution is 2.22. The molecule has 3 nitrogen and oxygen atoms in total. The maximum Gasteiger partial charge on any atom is 0.225 e. The fourth-order valence-electron chi connectivity index (χ4n) is 2.36. The summed E-state index contributed by atoms with van der Waals surface area (Å²) in [6.45, 7) is 6.04. The molecule has 2 aromatic carbocycles. The number of hydrogen-bond acceptors (Lipinski definition) is 2. The summed E-state index contributed by atoms with van der Waals surface area (Å²) in [7, 11) is 1.64. The Morgan fingerprint density at radius 1 is 1.05 bits per heavy atom. The van der Waals surface area contributed by atoms with Crippen LogP contribution in [0.1, 0.15) is 30.5 Å². The number of hydrogen-bond donors (Lipinski definition) is 1. The lowest BCUT2D eigenvalue weighted by Gasteiger charge is -2.27. The number of ether oxygens (including phenoxy) is 1. The maximum atomic E-state index is 12.3. The van der Waals surface area contributed by atoms with Gasteiger partial charge in [-0.15, -0.1) is 0 Å². The van der Waals surface area contributed by atoms with Gasteiger partial charge in [-0.1, -0.05) is 42.0 Å². The van der Waals surface area contributed by atoms with Gasteiger partial charge in [-0.05, 0) is 44.0 Å². The zero-order valence-corrected chi connectivity index (χ0v) is 13.6. The second-order valence-electron chi connectivity index (χ2n) is 6.06. The molecule has 116 valence electrons. The van der Waals surface area contributed by atoms with Gasteiger partial charge in [-0.2, -0.15) is 0 Å². The molecular weight excluding hydrogens is 274 g/mol. The summed E-state index contributed by atoms with van der Waals surface area (Å²) in [6.07, 6.45) is 0.389. The third-order valence-corrected chi connectivity index (χ3v) is 3.75. The molecule has 0 heterocycles. The maximum absolute atomic E-state index is 12.3. The first kappa shape index (κ1) is 16.1. The average Bonchev–Trinajstić information content (AvgIpc) is 2.49. The van der Waals surface area contributed by atoms with E-state index in [4.69, 9.17) is 4.74 Å². The van der Waals surface area contributed by atoms with Crippen molar-refractivity contribution in [3.8, 4) is 5.75 Å². The molecule has 1 amide bonds. The summed E-state index contributed by atoms with van der Waals surface area (Å²) in [5, 5.41) is 3.09. The van der Waals surface area contributed by atoms with Crippen molar-refractivity contribution < 1.29 is 9.53 Å². The molecule has 0 saturated carbocycles. The zero-order chi connectivity index (χ0) is 16.2. The molecule has 3 heteroatoms. The van der Waals surface area contributed by atoms with Gasteiger partial charge in [0, 0.05) is 0 Å². The van der Waals surface area contributed by atoms with Crippen LogP contribution in [-0.2, 0) is 16.8 Å². The highest BCUT2D eigenvalue weighted by atomic mass is 16.5. The van der Waals surface area contributed by atoms with Crippen LogP contribution in [0.25, 0.3) is 0 Å². The van der Waals surface area contributed by atoms with Crippen molar-refractivity contribution in [1.82, 2.24) is 5.32 Å². The predicted molar refractivity (Wildman–Crippen MR) is 89.0 cm³/mol. The van der Waals surface area contributed by atoms with Crippen LogP contribution in [0.15, 0.2) is 48.5 Å². The molecule has 0 aliphatic rings. The van der Waals surface area contributed by atoms with E-state index in [-0.39, 0.29) is 5.91 Å². The van der Waals surface area contributed by atoms with E-state index >= 15 is 0 Å². The van der Waals surface area contributed by atoms with E-state index in [2.05, 4.69) is 5.32 Å². The second-order valence-corrected chi connectivity index (χ2v) is 6.06. The Morgan fingerprint density at radius 2 is 1.64 bits per heavy atom. The van der Waals surface area contributed by atoms with Gasteiger partial charge in [-0.25, -0.2) is 0 Å². The van der Waals surface area contributed by atoms with Gasteiger partial charge >= 0.3 is 0 Å². The monoisotopic (exact) mass is 297 g/mol. The van der Waals surface area contributed by atoms with Crippen molar-refractivity contribution >= 4 is 5.91 Å². The smallest absolute Gasteiger partial charge is 0.225 e. The molecule has 0 fully saturated rings. The third-order valence-electron chi connectivity index (χ3n) is 3.75. The summed E-state index contributed by atoms with van der Waals surface area (Å²) >= 11 is 0. The van der Waals surface area contributed by atoms with E-state index in [1.165, 1.54) is 5.56 Å². The number of carbonyl (C=O) groups is 1. The molecule has 22 heavy (non-hydrogen) atoms. The lowest BCUT2D eigenvalue weighted by atomic mass is 9.93. The molecule has 0 unspecified atom stereocenters. The Balaban J connectivity index is 2.03. The molecule has 1 N–H and O–H groups in total. The summed E-state index contributed by atoms with van der Waals surface area (Å²) in [5.41, 5.74) is 2.84. The molecule has 2 rings (SSSR count). The third kappa shape index (κ3) is 4.10. The van der Waals surface area contributed by atoms with E-state index in [0.29, 0.717) is 6.42 Å². The van der Waals surface area contributed by atoms with Crippen LogP contribution in [0.4, 0.5) is 0 Å². The van der Waals surface area contributed by atoms with Gasteiger partial charge in [0.2, 0.25) is 5.91 Å². The highest BCUT2D eigenvalue weighted by Gasteiger charge is 2.22. The number of nitrogens with one attached hydrogen (secondary N) is 1. The van der Waals surface area contributed by atoms with Crippen LogP contribution in [0.5, 0.6) is 5.75 Å². The van der Waals surface area contributed by atoms with Crippen LogP contribution in [0.2, 0.25) is 0 Å². The Kier molecular flexibility index (Phi) is 4.86. The largest absolute Gasteiger partial charge is 0.497 e. The fraction of sp³-hybridized carbons (Fsp3) is 0.316. The number of carbonyl (C=O) groups excluding carboxylic acids is 1. The van der Waals surface area contributed by atoms with Gasteiger partial charge in [0.1, 0.15) is 5.75 Å². The lowest BCUT2D eigenvalue weighted by molar-refractivity contribution is -0.122. The Morgan fingerprint density at radius 3 is 2.18 bits per heavy atom. The quantitative estimate of drug-likeness (QED) is 0.915. The van der Waals surface area contributed by atoms with E-state index in [9.17, 15) is 4.79 Å². The Hall–Kier alpha value is -2.29. The van der Waals surface area contributed by atoms with Crippen molar-refractivity contribution in [2.45, 2.75) is 32.7 Å². The molecule has 0 radical (unpaired) electrons. The molecule has 0 atom stereocenters. The normalized spacial score (nSPS) is 11.1. The van der Waals surface area contributed by atoms with Gasteiger partial charge < -0.3 is 10.1 Å². The van der Waals surface area contributed by atoms with Crippen molar-refractivity contribution in [2.75, 3.05) is 7.11 Å². The molecule has 0 bridgehead atoms. The summed E-state index contributed by atoms with van der Waals surface area (Å²) < 4.78 is 5.16. The fourth-order valence-corrected chi connectivity index (χ4v) is 2.36. The van der Waals surface area contributed by atoms with Crippen LogP contribution in [0.3, 0.4) is 0 Å². The van der Waals surface area contributed by atoms with Crippen molar-refractivity contribution in [2.24, 2.45) is 0 Å². The van der Waals surface area contributed by atoms with Gasteiger partial charge in [0.15, 0.2) is 0 Å². The summed E-state index contributed by atoms with van der Waals surface area (Å²) in [6, 6.07) is 15.8. The van der Waals surface area contributed by atoms with E-state index in [1.54, 1.807) is 7.11 Å². The van der Waals surface area contributed by atoms with Crippen LogP contribution in [-0.4, -0.2) is 13.0 Å². The minimum atomic E-state index is -0.423. The van der Waals surface area contributed by atoms with Crippen LogP contribution >= 0.6 is 0 Å². The van der Waals surface area contributed by atoms with Crippen molar-refractivity contribution in [3.63, 3.8) is 0 Å². The molecule has 0 saturated heterocycles. The lowest BCUT2D eigenvalue weighted by Crippen LogP contribution is -2.41. The molecule has 0 aromatic heterocycles. The number of benzene rings is 2. The Bertz CT molecular complexity index is 627. The highest BCUT2D eigenvalue weighted by molar-refractivity contribution is 5.79. The first-order valence-electron chi connectivity index (χ1n) is 7.42. The minimum absolute atomic E-state index is 0.0182. The zero-order valence-electron chi connectivity index (χ0n) is 13.6. The van der Waals surface area contributed by atoms with E-state index < -0.39 is 5.54 Å². The first-order chi connectivity index (χ1) is 10.4. The topological polar surface area (TPSA) is 38.3 Å². The predicted octanol–water partition coefficient (Wildman–Crippen LogP) is 3.60. The molecular formula is C19H23NO2. The molecule has 0 aliphatic carbocycles. The van der Waals surface area contributed by atoms with Gasteiger partial charge in [0.05, 0.1) is 19.1 Å². The standard InChI is InChI=1S/C19H23NO2/c1-14-5-7-15(8-6-14)13-18(21)20-19(2,3)16-9-11-17(22-4)12-10-16/h5-12H,13H2,1-4H3,(H,20,21). The molecule has 2 aromatic rings. The summed E-state index contributed by atoms with van der Waals surface area (Å²) in [5.74, 6) is 0.829. The van der Waals surface area contributed by atoms with Crippen molar-refractivity contribution in [1.29, 1.82) is 0 Å². The van der Waals surface area contributed by atoms with Gasteiger partial charge in [0.25, 0.3) is 0 Å². The van der Waals surface area contributed by atoms with Crippen molar-refractivity contribution in [3.05, 3.63) is 65.2 Å². The van der Waals surface area contributed by atoms with Crippen LogP contribution in [0, 0.1) is 6.92 Å². The Labute approximate surface area is 132 Å². The number of methoxy groups -OCH3 is 1. The van der Waals surface area contributed by atoms with Crippen LogP contribution < -0.4 is 10.1 Å². The molecule has 0 spiro atoms. The number of amides is 1. The minimum Gasteiger partial charge on any atom is -0.497 e. The summed E-state index contributed by atoms with van der Waals surface area (Å²) in [4.78, 5) is 12.3.